The first-order valence-corrected chi connectivity index (χ1v) is 18.6. The molecular formula is C49H42N2. The first-order valence-electron chi connectivity index (χ1n) is 18.6. The summed E-state index contributed by atoms with van der Waals surface area (Å²) >= 11 is 0. The average Bonchev–Trinajstić information content (AvgIpc) is 3.51. The van der Waals surface area contributed by atoms with Crippen molar-refractivity contribution in [2.45, 2.75) is 57.9 Å². The number of nitrogens with zero attached hydrogens (tertiary/aromatic N) is 2. The lowest BCUT2D eigenvalue weighted by Crippen LogP contribution is -2.28. The van der Waals surface area contributed by atoms with Crippen molar-refractivity contribution < 1.29 is 0 Å². The van der Waals surface area contributed by atoms with E-state index in [1.807, 2.05) is 18.5 Å². The van der Waals surface area contributed by atoms with Gasteiger partial charge in [0.15, 0.2) is 0 Å². The van der Waals surface area contributed by atoms with Crippen molar-refractivity contribution in [2.75, 3.05) is 4.90 Å². The van der Waals surface area contributed by atoms with Crippen LogP contribution in [-0.2, 0) is 6.42 Å². The lowest BCUT2D eigenvalue weighted by Gasteiger charge is -2.37. The molecule has 4 aliphatic rings. The standard InChI is InChI=1S/C49H42N2/c1-49(2,3)37-26-34-21-23-41-43(32-19-17-31(18-20-32)36-11-9-25-50-30-36)29-44(42-24-22-35(27-37)47(34)48(41)42)33-10-8-12-38(28-33)51-45-15-6-4-13-39(45)40-14-5-7-16-46(40)51/h4-20,22,24-25,27-30,34,39,45H,21,23,26H2,1-3H3. The molecule has 248 valence electrons. The zero-order valence-electron chi connectivity index (χ0n) is 29.6. The summed E-state index contributed by atoms with van der Waals surface area (Å²) in [5.74, 6) is 0.922. The SMILES string of the molecule is CC(C)(C)C1=Cc2ccc3c(-c4cccc(N5c6ccccc6C6C=CC=CC65)c4)cc(-c4ccc(-c5cccnc5)cc4)c4c3c2C(CC4)C1. The highest BCUT2D eigenvalue weighted by molar-refractivity contribution is 6.07. The minimum absolute atomic E-state index is 0.174. The van der Waals surface area contributed by atoms with Gasteiger partial charge in [-0.1, -0.05) is 130 Å². The van der Waals surface area contributed by atoms with Gasteiger partial charge in [0, 0.05) is 29.7 Å². The van der Waals surface area contributed by atoms with Crippen molar-refractivity contribution >= 4 is 28.2 Å². The molecule has 51 heavy (non-hydrogen) atoms. The van der Waals surface area contributed by atoms with Crippen molar-refractivity contribution in [3.05, 3.63) is 168 Å². The molecule has 5 aromatic carbocycles. The molecule has 0 radical (unpaired) electrons. The molecule has 6 aromatic rings. The van der Waals surface area contributed by atoms with E-state index in [0.717, 1.165) is 18.4 Å². The summed E-state index contributed by atoms with van der Waals surface area (Å²) in [6, 6.07) is 39.2. The molecule has 0 fully saturated rings. The number of benzene rings is 5. The minimum Gasteiger partial charge on any atom is -0.333 e. The first-order chi connectivity index (χ1) is 24.9. The van der Waals surface area contributed by atoms with Gasteiger partial charge in [0.25, 0.3) is 0 Å². The highest BCUT2D eigenvalue weighted by Gasteiger charge is 2.37. The summed E-state index contributed by atoms with van der Waals surface area (Å²) in [6.45, 7) is 7.12. The van der Waals surface area contributed by atoms with Gasteiger partial charge in [-0.2, -0.15) is 0 Å². The van der Waals surface area contributed by atoms with Crippen LogP contribution in [0.15, 0.2) is 145 Å². The number of aryl methyl sites for hydroxylation is 1. The molecule has 0 spiro atoms. The van der Waals surface area contributed by atoms with Gasteiger partial charge >= 0.3 is 0 Å². The topological polar surface area (TPSA) is 16.1 Å². The molecule has 3 unspecified atom stereocenters. The molecule has 3 aliphatic carbocycles. The quantitative estimate of drug-likeness (QED) is 0.187. The van der Waals surface area contributed by atoms with Crippen molar-refractivity contribution in [2.24, 2.45) is 5.41 Å². The van der Waals surface area contributed by atoms with E-state index in [1.54, 1.807) is 11.1 Å². The number of hydrogen-bond donors (Lipinski definition) is 0. The Morgan fingerprint density at radius 3 is 2.39 bits per heavy atom. The van der Waals surface area contributed by atoms with E-state index in [-0.39, 0.29) is 11.5 Å². The number of allylic oxidation sites excluding steroid dienone is 3. The fourth-order valence-corrected chi connectivity index (χ4v) is 9.44. The number of rotatable bonds is 4. The molecule has 1 aromatic heterocycles. The molecule has 3 atom stereocenters. The molecule has 2 nitrogen and oxygen atoms in total. The summed E-state index contributed by atoms with van der Waals surface area (Å²) in [5.41, 5.74) is 17.8. The zero-order chi connectivity index (χ0) is 34.3. The molecule has 1 aliphatic heterocycles. The van der Waals surface area contributed by atoms with Crippen LogP contribution in [0.3, 0.4) is 0 Å². The zero-order valence-corrected chi connectivity index (χ0v) is 29.6. The Hall–Kier alpha value is -5.47. The Morgan fingerprint density at radius 2 is 1.55 bits per heavy atom. The van der Waals surface area contributed by atoms with E-state index in [0.29, 0.717) is 11.8 Å². The van der Waals surface area contributed by atoms with Crippen molar-refractivity contribution in [1.82, 2.24) is 4.98 Å². The van der Waals surface area contributed by atoms with E-state index in [2.05, 4.69) is 158 Å². The second-order valence-corrected chi connectivity index (χ2v) is 15.9. The van der Waals surface area contributed by atoms with E-state index in [4.69, 9.17) is 0 Å². The molecule has 0 saturated heterocycles. The number of fused-ring (bicyclic) bond motifs is 3. The predicted molar refractivity (Wildman–Crippen MR) is 215 cm³/mol. The minimum atomic E-state index is 0.174. The van der Waals surface area contributed by atoms with Crippen LogP contribution in [-0.4, -0.2) is 11.0 Å². The maximum Gasteiger partial charge on any atom is 0.0629 e. The van der Waals surface area contributed by atoms with Gasteiger partial charge in [-0.3, -0.25) is 4.98 Å². The van der Waals surface area contributed by atoms with E-state index in [9.17, 15) is 0 Å². The normalized spacial score (nSPS) is 19.9. The first kappa shape index (κ1) is 30.4. The summed E-state index contributed by atoms with van der Waals surface area (Å²) < 4.78 is 0. The summed E-state index contributed by atoms with van der Waals surface area (Å²) in [6.07, 6.45) is 18.9. The molecular weight excluding hydrogens is 617 g/mol. The van der Waals surface area contributed by atoms with Gasteiger partial charge < -0.3 is 4.90 Å². The van der Waals surface area contributed by atoms with Crippen LogP contribution in [0.1, 0.15) is 67.7 Å². The van der Waals surface area contributed by atoms with Crippen LogP contribution in [0.25, 0.3) is 50.2 Å². The van der Waals surface area contributed by atoms with Crippen LogP contribution in [0.5, 0.6) is 0 Å². The Morgan fingerprint density at radius 1 is 0.725 bits per heavy atom. The van der Waals surface area contributed by atoms with Crippen LogP contribution >= 0.6 is 0 Å². The summed E-state index contributed by atoms with van der Waals surface area (Å²) in [7, 11) is 0. The third kappa shape index (κ3) is 4.88. The fraction of sp³-hybridized carbons (Fsp3) is 0.204. The molecule has 0 bridgehead atoms. The van der Waals surface area contributed by atoms with Crippen LogP contribution in [0, 0.1) is 5.41 Å². The second-order valence-electron chi connectivity index (χ2n) is 15.9. The van der Waals surface area contributed by atoms with E-state index < -0.39 is 0 Å². The van der Waals surface area contributed by atoms with Gasteiger partial charge in [0.05, 0.1) is 6.04 Å². The van der Waals surface area contributed by atoms with Gasteiger partial charge in [-0.25, -0.2) is 0 Å². The Labute approximate surface area is 301 Å². The summed E-state index contributed by atoms with van der Waals surface area (Å²) in [5, 5.41) is 2.88. The predicted octanol–water partition coefficient (Wildman–Crippen LogP) is 12.8. The van der Waals surface area contributed by atoms with Gasteiger partial charge in [-0.05, 0) is 127 Å². The number of hydrogen-bond acceptors (Lipinski definition) is 2. The van der Waals surface area contributed by atoms with Crippen LogP contribution in [0.4, 0.5) is 11.4 Å². The molecule has 2 heterocycles. The molecule has 2 heteroatoms. The lowest BCUT2D eigenvalue weighted by molar-refractivity contribution is 0.455. The summed E-state index contributed by atoms with van der Waals surface area (Å²) in [4.78, 5) is 6.92. The average molecular weight is 659 g/mol. The monoisotopic (exact) mass is 658 g/mol. The molecule has 0 amide bonds. The maximum atomic E-state index is 4.37. The van der Waals surface area contributed by atoms with Gasteiger partial charge in [0.2, 0.25) is 0 Å². The number of pyridine rings is 1. The number of para-hydroxylation sites is 1. The second kappa shape index (κ2) is 11.5. The third-order valence-corrected chi connectivity index (χ3v) is 12.0. The third-order valence-electron chi connectivity index (χ3n) is 12.0. The Bertz CT molecular complexity index is 2440. The highest BCUT2D eigenvalue weighted by Crippen LogP contribution is 2.53. The number of anilines is 2. The molecule has 0 N–H and O–H groups in total. The van der Waals surface area contributed by atoms with E-state index in [1.165, 1.54) is 73.1 Å². The lowest BCUT2D eigenvalue weighted by atomic mass is 9.67. The van der Waals surface area contributed by atoms with E-state index >= 15 is 0 Å². The number of aromatic nitrogens is 1. The Kier molecular flexibility index (Phi) is 6.87. The fourth-order valence-electron chi connectivity index (χ4n) is 9.44. The van der Waals surface area contributed by atoms with Crippen molar-refractivity contribution in [3.63, 3.8) is 0 Å². The van der Waals surface area contributed by atoms with Crippen molar-refractivity contribution in [1.29, 1.82) is 0 Å². The van der Waals surface area contributed by atoms with Gasteiger partial charge in [0.1, 0.15) is 0 Å². The molecule has 0 saturated carbocycles. The largest absolute Gasteiger partial charge is 0.333 e. The van der Waals surface area contributed by atoms with Crippen LogP contribution < -0.4 is 4.90 Å². The van der Waals surface area contributed by atoms with Gasteiger partial charge in [-0.15, -0.1) is 0 Å². The molecule has 10 rings (SSSR count). The highest BCUT2D eigenvalue weighted by atomic mass is 15.2. The smallest absolute Gasteiger partial charge is 0.0629 e. The van der Waals surface area contributed by atoms with Crippen LogP contribution in [0.2, 0.25) is 0 Å². The Balaban J connectivity index is 1.18. The van der Waals surface area contributed by atoms with Crippen molar-refractivity contribution in [3.8, 4) is 33.4 Å². The maximum absolute atomic E-state index is 4.37.